The summed E-state index contributed by atoms with van der Waals surface area (Å²) in [6.45, 7) is 5.79. The minimum Gasteiger partial charge on any atom is -0.365 e. The number of alkyl halides is 3. The SMILES string of the molecule is CC(C)(C)c1cc(NC(=O)/C(C#N)=C\c2ccc(C(F)(F)F)cc2)c(C(N)=O)s1. The van der Waals surface area contributed by atoms with Crippen molar-refractivity contribution in [3.05, 3.63) is 56.8 Å². The van der Waals surface area contributed by atoms with E-state index in [0.29, 0.717) is 0 Å². The first-order chi connectivity index (χ1) is 13.3. The van der Waals surface area contributed by atoms with Gasteiger partial charge >= 0.3 is 6.18 Å². The van der Waals surface area contributed by atoms with Gasteiger partial charge in [-0.3, -0.25) is 9.59 Å². The summed E-state index contributed by atoms with van der Waals surface area (Å²) in [4.78, 5) is 25.1. The van der Waals surface area contributed by atoms with E-state index >= 15 is 0 Å². The Morgan fingerprint density at radius 3 is 2.21 bits per heavy atom. The number of amides is 2. The molecule has 0 aliphatic carbocycles. The molecule has 0 spiro atoms. The molecule has 0 atom stereocenters. The summed E-state index contributed by atoms with van der Waals surface area (Å²) in [7, 11) is 0. The second-order valence-corrected chi connectivity index (χ2v) is 8.26. The first-order valence-electron chi connectivity index (χ1n) is 8.37. The first-order valence-corrected chi connectivity index (χ1v) is 9.19. The standard InChI is InChI=1S/C20H18F3N3O2S/c1-19(2,3)15-9-14(16(29-15)17(25)27)26-18(28)12(10-24)8-11-4-6-13(7-5-11)20(21,22)23/h4-9H,1-3H3,(H2,25,27)(H,26,28)/b12-8-. The van der Waals surface area contributed by atoms with E-state index in [-0.39, 0.29) is 27.1 Å². The third-order valence-electron chi connectivity index (χ3n) is 3.86. The van der Waals surface area contributed by atoms with Crippen molar-refractivity contribution in [1.82, 2.24) is 0 Å². The molecule has 0 unspecified atom stereocenters. The van der Waals surface area contributed by atoms with Crippen LogP contribution < -0.4 is 11.1 Å². The number of halogens is 3. The van der Waals surface area contributed by atoms with E-state index in [4.69, 9.17) is 5.73 Å². The van der Waals surface area contributed by atoms with Crippen LogP contribution in [0.4, 0.5) is 18.9 Å². The van der Waals surface area contributed by atoms with Gasteiger partial charge in [0.2, 0.25) is 0 Å². The molecule has 0 saturated carbocycles. The predicted octanol–water partition coefficient (Wildman–Crippen LogP) is 4.71. The van der Waals surface area contributed by atoms with E-state index < -0.39 is 23.6 Å². The Bertz CT molecular complexity index is 1010. The topological polar surface area (TPSA) is 96.0 Å². The van der Waals surface area contributed by atoms with Crippen LogP contribution in [0.25, 0.3) is 6.08 Å². The van der Waals surface area contributed by atoms with E-state index in [2.05, 4.69) is 5.32 Å². The summed E-state index contributed by atoms with van der Waals surface area (Å²) in [6.07, 6.45) is -3.32. The summed E-state index contributed by atoms with van der Waals surface area (Å²) in [5, 5.41) is 11.8. The van der Waals surface area contributed by atoms with Gasteiger partial charge in [0.1, 0.15) is 16.5 Å². The number of primary amides is 1. The molecule has 29 heavy (non-hydrogen) atoms. The largest absolute Gasteiger partial charge is 0.416 e. The molecule has 0 bridgehead atoms. The lowest BCUT2D eigenvalue weighted by Crippen LogP contribution is -2.17. The maximum atomic E-state index is 12.6. The molecule has 3 N–H and O–H groups in total. The number of rotatable bonds is 4. The molecule has 2 rings (SSSR count). The number of carbonyl (C=O) groups excluding carboxylic acids is 2. The van der Waals surface area contributed by atoms with Crippen LogP contribution >= 0.6 is 11.3 Å². The zero-order valence-corrected chi connectivity index (χ0v) is 16.7. The van der Waals surface area contributed by atoms with Crippen LogP contribution in [0.2, 0.25) is 0 Å². The molecule has 5 nitrogen and oxygen atoms in total. The number of nitrogens with one attached hydrogen (secondary N) is 1. The molecular weight excluding hydrogens is 403 g/mol. The molecule has 2 amide bonds. The number of hydrogen-bond acceptors (Lipinski definition) is 4. The number of anilines is 1. The molecule has 1 heterocycles. The van der Waals surface area contributed by atoms with Gasteiger partial charge in [-0.05, 0) is 35.3 Å². The third-order valence-corrected chi connectivity index (χ3v) is 5.43. The number of benzene rings is 1. The monoisotopic (exact) mass is 421 g/mol. The highest BCUT2D eigenvalue weighted by atomic mass is 32.1. The van der Waals surface area contributed by atoms with E-state index in [0.717, 1.165) is 46.6 Å². The quantitative estimate of drug-likeness (QED) is 0.553. The molecule has 0 saturated heterocycles. The number of thiophene rings is 1. The second-order valence-electron chi connectivity index (χ2n) is 7.21. The first kappa shape index (κ1) is 22.2. The van der Waals surface area contributed by atoms with Gasteiger partial charge < -0.3 is 11.1 Å². The van der Waals surface area contributed by atoms with E-state index in [1.807, 2.05) is 20.8 Å². The minimum atomic E-state index is -4.48. The van der Waals surface area contributed by atoms with Crippen LogP contribution in [-0.2, 0) is 16.4 Å². The third kappa shape index (κ3) is 5.45. The lowest BCUT2D eigenvalue weighted by Gasteiger charge is -2.15. The van der Waals surface area contributed by atoms with E-state index in [1.54, 1.807) is 12.1 Å². The Kier molecular flexibility index (Phi) is 6.18. The molecule has 1 aromatic carbocycles. The van der Waals surface area contributed by atoms with Crippen LogP contribution in [0.15, 0.2) is 35.9 Å². The van der Waals surface area contributed by atoms with Gasteiger partial charge in [0.05, 0.1) is 11.3 Å². The summed E-state index contributed by atoms with van der Waals surface area (Å²) >= 11 is 1.15. The van der Waals surface area contributed by atoms with Gasteiger partial charge in [0, 0.05) is 4.88 Å². The lowest BCUT2D eigenvalue weighted by atomic mass is 9.94. The van der Waals surface area contributed by atoms with Crippen LogP contribution in [0.5, 0.6) is 0 Å². The van der Waals surface area contributed by atoms with Gasteiger partial charge in [0.15, 0.2) is 0 Å². The normalized spacial score (nSPS) is 12.4. The average molecular weight is 421 g/mol. The van der Waals surface area contributed by atoms with Crippen molar-refractivity contribution < 1.29 is 22.8 Å². The molecule has 1 aromatic heterocycles. The van der Waals surface area contributed by atoms with Crippen molar-refractivity contribution in [2.45, 2.75) is 32.4 Å². The minimum absolute atomic E-state index is 0.148. The lowest BCUT2D eigenvalue weighted by molar-refractivity contribution is -0.137. The second kappa shape index (κ2) is 8.09. The Hall–Kier alpha value is -3.12. The van der Waals surface area contributed by atoms with Crippen molar-refractivity contribution in [1.29, 1.82) is 5.26 Å². The Balaban J connectivity index is 2.31. The fourth-order valence-electron chi connectivity index (χ4n) is 2.31. The smallest absolute Gasteiger partial charge is 0.365 e. The molecule has 0 fully saturated rings. The van der Waals surface area contributed by atoms with Gasteiger partial charge in [-0.15, -0.1) is 11.3 Å². The molecule has 0 aliphatic heterocycles. The number of nitrogens with zero attached hydrogens (tertiary/aromatic N) is 1. The number of hydrogen-bond donors (Lipinski definition) is 2. The molecule has 2 aromatic rings. The van der Waals surface area contributed by atoms with Crippen LogP contribution in [0.3, 0.4) is 0 Å². The van der Waals surface area contributed by atoms with Gasteiger partial charge in [-0.1, -0.05) is 32.9 Å². The van der Waals surface area contributed by atoms with E-state index in [9.17, 15) is 28.0 Å². The fourth-order valence-corrected chi connectivity index (χ4v) is 3.33. The number of nitriles is 1. The van der Waals surface area contributed by atoms with Crippen molar-refractivity contribution in [2.75, 3.05) is 5.32 Å². The summed E-state index contributed by atoms with van der Waals surface area (Å²) in [6, 6.07) is 7.37. The molecule has 152 valence electrons. The molecular formula is C20H18F3N3O2S. The Labute approximate surface area is 169 Å². The molecule has 0 aliphatic rings. The maximum Gasteiger partial charge on any atom is 0.416 e. The number of carbonyl (C=O) groups is 2. The Morgan fingerprint density at radius 1 is 1.17 bits per heavy atom. The average Bonchev–Trinajstić information content (AvgIpc) is 3.03. The van der Waals surface area contributed by atoms with Gasteiger partial charge in [-0.2, -0.15) is 18.4 Å². The van der Waals surface area contributed by atoms with Crippen molar-refractivity contribution in [3.8, 4) is 6.07 Å². The van der Waals surface area contributed by atoms with Crippen molar-refractivity contribution in [3.63, 3.8) is 0 Å². The molecule has 9 heteroatoms. The highest BCUT2D eigenvalue weighted by Gasteiger charge is 2.30. The van der Waals surface area contributed by atoms with Gasteiger partial charge in [-0.25, -0.2) is 0 Å². The highest BCUT2D eigenvalue weighted by molar-refractivity contribution is 7.14. The zero-order chi connectivity index (χ0) is 22.0. The van der Waals surface area contributed by atoms with Gasteiger partial charge in [0.25, 0.3) is 11.8 Å². The number of nitrogens with two attached hydrogens (primary N) is 1. The van der Waals surface area contributed by atoms with Crippen LogP contribution in [0.1, 0.15) is 46.4 Å². The summed E-state index contributed by atoms with van der Waals surface area (Å²) in [5.74, 6) is -1.51. The van der Waals surface area contributed by atoms with E-state index in [1.165, 1.54) is 0 Å². The zero-order valence-electron chi connectivity index (χ0n) is 15.8. The maximum absolute atomic E-state index is 12.6. The Morgan fingerprint density at radius 2 is 1.76 bits per heavy atom. The summed E-state index contributed by atoms with van der Waals surface area (Å²) < 4.78 is 37.9. The van der Waals surface area contributed by atoms with Crippen molar-refractivity contribution in [2.24, 2.45) is 5.73 Å². The molecule has 0 radical (unpaired) electrons. The van der Waals surface area contributed by atoms with Crippen molar-refractivity contribution >= 4 is 34.9 Å². The highest BCUT2D eigenvalue weighted by Crippen LogP contribution is 2.35. The predicted molar refractivity (Wildman–Crippen MR) is 105 cm³/mol. The van der Waals surface area contributed by atoms with Crippen LogP contribution in [0, 0.1) is 11.3 Å². The summed E-state index contributed by atoms with van der Waals surface area (Å²) in [5.41, 5.74) is 4.36. The fraction of sp³-hybridized carbons (Fsp3) is 0.250. The van der Waals surface area contributed by atoms with Crippen LogP contribution in [-0.4, -0.2) is 11.8 Å².